The molecule has 0 bridgehead atoms. The average Bonchev–Trinajstić information content (AvgIpc) is 2.67. The van der Waals surface area contributed by atoms with Crippen molar-refractivity contribution >= 4 is 35.0 Å². The highest BCUT2D eigenvalue weighted by atomic mass is 16.1. The summed E-state index contributed by atoms with van der Waals surface area (Å²) >= 11 is 0. The number of nitrogens with zero attached hydrogens (tertiary/aromatic N) is 2. The third kappa shape index (κ3) is 5.40. The number of nitrogens with one attached hydrogen (secondary N) is 4. The second-order valence-electron chi connectivity index (χ2n) is 6.78. The number of aromatic nitrogens is 2. The number of carbonyl (C=O) groups is 2. The van der Waals surface area contributed by atoms with Crippen LogP contribution in [0.15, 0.2) is 30.5 Å². The number of primary amides is 1. The lowest BCUT2D eigenvalue weighted by Gasteiger charge is -2.23. The van der Waals surface area contributed by atoms with Crippen molar-refractivity contribution < 1.29 is 9.59 Å². The summed E-state index contributed by atoms with van der Waals surface area (Å²) in [5.74, 6) is 0.539. The SMILES string of the molecule is CC(=O)Nc1cccc(Nc2ncc(C(N)=O)c(NCC3CCNCC3)n2)c1. The van der Waals surface area contributed by atoms with Crippen LogP contribution in [0.4, 0.5) is 23.1 Å². The van der Waals surface area contributed by atoms with E-state index in [1.54, 1.807) is 12.1 Å². The lowest BCUT2D eigenvalue weighted by molar-refractivity contribution is -0.114. The third-order valence-corrected chi connectivity index (χ3v) is 4.51. The maximum absolute atomic E-state index is 11.7. The van der Waals surface area contributed by atoms with Gasteiger partial charge in [0.05, 0.1) is 5.56 Å². The Morgan fingerprint density at radius 2 is 2.00 bits per heavy atom. The van der Waals surface area contributed by atoms with Gasteiger partial charge in [0.2, 0.25) is 11.9 Å². The molecule has 9 heteroatoms. The third-order valence-electron chi connectivity index (χ3n) is 4.51. The van der Waals surface area contributed by atoms with Gasteiger partial charge in [0.15, 0.2) is 0 Å². The van der Waals surface area contributed by atoms with Gasteiger partial charge in [-0.15, -0.1) is 0 Å². The Hall–Kier alpha value is -3.20. The van der Waals surface area contributed by atoms with Gasteiger partial charge in [-0.3, -0.25) is 9.59 Å². The molecule has 1 fully saturated rings. The first-order valence-corrected chi connectivity index (χ1v) is 9.27. The van der Waals surface area contributed by atoms with Crippen molar-refractivity contribution in [2.75, 3.05) is 35.6 Å². The van der Waals surface area contributed by atoms with E-state index in [0.717, 1.165) is 32.5 Å². The highest BCUT2D eigenvalue weighted by Gasteiger charge is 2.16. The van der Waals surface area contributed by atoms with Gasteiger partial charge in [-0.1, -0.05) is 6.07 Å². The topological polar surface area (TPSA) is 134 Å². The predicted molar refractivity (Wildman–Crippen MR) is 109 cm³/mol. The van der Waals surface area contributed by atoms with Crippen LogP contribution in [0.1, 0.15) is 30.1 Å². The second-order valence-corrected chi connectivity index (χ2v) is 6.78. The largest absolute Gasteiger partial charge is 0.369 e. The summed E-state index contributed by atoms with van der Waals surface area (Å²) in [6.45, 7) is 4.16. The van der Waals surface area contributed by atoms with E-state index in [1.165, 1.54) is 13.1 Å². The highest BCUT2D eigenvalue weighted by Crippen LogP contribution is 2.21. The summed E-state index contributed by atoms with van der Waals surface area (Å²) in [5.41, 5.74) is 7.09. The fourth-order valence-electron chi connectivity index (χ4n) is 3.09. The second kappa shape index (κ2) is 9.14. The quantitative estimate of drug-likeness (QED) is 0.491. The highest BCUT2D eigenvalue weighted by molar-refractivity contribution is 5.97. The van der Waals surface area contributed by atoms with Crippen molar-refractivity contribution in [3.63, 3.8) is 0 Å². The fourth-order valence-corrected chi connectivity index (χ4v) is 3.09. The molecule has 2 amide bonds. The Kier molecular flexibility index (Phi) is 6.38. The smallest absolute Gasteiger partial charge is 0.254 e. The van der Waals surface area contributed by atoms with Crippen LogP contribution < -0.4 is 27.0 Å². The van der Waals surface area contributed by atoms with Crippen molar-refractivity contribution in [3.8, 4) is 0 Å². The summed E-state index contributed by atoms with van der Waals surface area (Å²) in [4.78, 5) is 31.5. The Balaban J connectivity index is 1.74. The van der Waals surface area contributed by atoms with E-state index in [4.69, 9.17) is 5.73 Å². The maximum Gasteiger partial charge on any atom is 0.254 e. The summed E-state index contributed by atoms with van der Waals surface area (Å²) in [7, 11) is 0. The Bertz CT molecular complexity index is 850. The lowest BCUT2D eigenvalue weighted by atomic mass is 9.98. The summed E-state index contributed by atoms with van der Waals surface area (Å²) in [6.07, 6.45) is 3.57. The van der Waals surface area contributed by atoms with E-state index in [0.29, 0.717) is 29.1 Å². The number of amides is 2. The normalized spacial score (nSPS) is 14.3. The summed E-state index contributed by atoms with van der Waals surface area (Å²) in [5, 5.41) is 12.4. The zero-order chi connectivity index (χ0) is 19.9. The van der Waals surface area contributed by atoms with Crippen LogP contribution in [-0.4, -0.2) is 41.4 Å². The van der Waals surface area contributed by atoms with E-state index in [9.17, 15) is 9.59 Å². The molecule has 0 saturated carbocycles. The van der Waals surface area contributed by atoms with Crippen LogP contribution in [0.2, 0.25) is 0 Å². The van der Waals surface area contributed by atoms with Crippen LogP contribution in [0.5, 0.6) is 0 Å². The maximum atomic E-state index is 11.7. The van der Waals surface area contributed by atoms with E-state index in [1.807, 2.05) is 12.1 Å². The first-order chi connectivity index (χ1) is 13.5. The molecule has 1 aromatic carbocycles. The van der Waals surface area contributed by atoms with E-state index >= 15 is 0 Å². The number of piperidine rings is 1. The molecule has 0 aliphatic carbocycles. The van der Waals surface area contributed by atoms with Crippen molar-refractivity contribution in [2.45, 2.75) is 19.8 Å². The Morgan fingerprint density at radius 1 is 1.25 bits per heavy atom. The van der Waals surface area contributed by atoms with Crippen LogP contribution in [0, 0.1) is 5.92 Å². The molecule has 0 spiro atoms. The number of rotatable bonds is 7. The Morgan fingerprint density at radius 3 is 2.71 bits per heavy atom. The molecule has 28 heavy (non-hydrogen) atoms. The van der Waals surface area contributed by atoms with E-state index in [-0.39, 0.29) is 11.5 Å². The minimum atomic E-state index is -0.577. The minimum absolute atomic E-state index is 0.149. The molecule has 3 rings (SSSR count). The van der Waals surface area contributed by atoms with Crippen LogP contribution in [0.3, 0.4) is 0 Å². The molecular weight excluding hydrogens is 358 g/mol. The fraction of sp³-hybridized carbons (Fsp3) is 0.368. The van der Waals surface area contributed by atoms with Crippen LogP contribution in [-0.2, 0) is 4.79 Å². The number of hydrogen-bond acceptors (Lipinski definition) is 7. The molecule has 0 atom stereocenters. The summed E-state index contributed by atoms with van der Waals surface area (Å²) in [6, 6.07) is 7.20. The molecule has 1 aromatic heterocycles. The van der Waals surface area contributed by atoms with E-state index in [2.05, 4.69) is 31.2 Å². The number of nitrogens with two attached hydrogens (primary N) is 1. The molecule has 1 aliphatic rings. The molecule has 1 aliphatic heterocycles. The number of anilines is 4. The van der Waals surface area contributed by atoms with Crippen LogP contribution in [0.25, 0.3) is 0 Å². The average molecular weight is 383 g/mol. The molecular formula is C19H25N7O2. The zero-order valence-electron chi connectivity index (χ0n) is 15.8. The molecule has 148 valence electrons. The van der Waals surface area contributed by atoms with E-state index < -0.39 is 5.91 Å². The van der Waals surface area contributed by atoms with Gasteiger partial charge in [-0.2, -0.15) is 4.98 Å². The Labute approximate surface area is 163 Å². The van der Waals surface area contributed by atoms with Crippen LogP contribution >= 0.6 is 0 Å². The van der Waals surface area contributed by atoms with Crippen molar-refractivity contribution in [1.29, 1.82) is 0 Å². The number of benzene rings is 1. The monoisotopic (exact) mass is 383 g/mol. The zero-order valence-corrected chi connectivity index (χ0v) is 15.8. The van der Waals surface area contributed by atoms with Gasteiger partial charge in [0.1, 0.15) is 5.82 Å². The molecule has 0 radical (unpaired) electrons. The molecule has 6 N–H and O–H groups in total. The standard InChI is InChI=1S/C19H25N7O2/c1-12(27)24-14-3-2-4-15(9-14)25-19-23-11-16(17(20)28)18(26-19)22-10-13-5-7-21-8-6-13/h2-4,9,11,13,21H,5-8,10H2,1H3,(H2,20,28)(H,24,27)(H2,22,23,25,26). The molecule has 1 saturated heterocycles. The minimum Gasteiger partial charge on any atom is -0.369 e. The van der Waals surface area contributed by atoms with Crippen molar-refractivity contribution in [1.82, 2.24) is 15.3 Å². The lowest BCUT2D eigenvalue weighted by Crippen LogP contribution is -2.31. The number of carbonyl (C=O) groups excluding carboxylic acids is 2. The summed E-state index contributed by atoms with van der Waals surface area (Å²) < 4.78 is 0. The van der Waals surface area contributed by atoms with Gasteiger partial charge in [-0.05, 0) is 50.0 Å². The first kappa shape index (κ1) is 19.6. The first-order valence-electron chi connectivity index (χ1n) is 9.27. The van der Waals surface area contributed by atoms with Gasteiger partial charge < -0.3 is 27.0 Å². The van der Waals surface area contributed by atoms with Gasteiger partial charge in [0, 0.05) is 31.0 Å². The van der Waals surface area contributed by atoms with Crippen molar-refractivity contribution in [3.05, 3.63) is 36.0 Å². The van der Waals surface area contributed by atoms with Gasteiger partial charge in [-0.25, -0.2) is 4.98 Å². The van der Waals surface area contributed by atoms with Gasteiger partial charge in [0.25, 0.3) is 5.91 Å². The number of hydrogen-bond donors (Lipinski definition) is 5. The predicted octanol–water partition coefficient (Wildman–Crippen LogP) is 1.69. The molecule has 2 aromatic rings. The molecule has 2 heterocycles. The molecule has 0 unspecified atom stereocenters. The van der Waals surface area contributed by atoms with Gasteiger partial charge >= 0.3 is 0 Å². The van der Waals surface area contributed by atoms with Crippen molar-refractivity contribution in [2.24, 2.45) is 11.7 Å². The molecule has 9 nitrogen and oxygen atoms in total.